The molecule has 6 rings (SSSR count). The van der Waals surface area contributed by atoms with Gasteiger partial charge in [0.1, 0.15) is 99.6 Å². The summed E-state index contributed by atoms with van der Waals surface area (Å²) < 4.78 is 153. The topological polar surface area (TPSA) is 318 Å². The summed E-state index contributed by atoms with van der Waals surface area (Å²) in [4.78, 5) is 69.7. The van der Waals surface area contributed by atoms with E-state index in [1.54, 1.807) is 145 Å². The Kier molecular flexibility index (Phi) is 54.5. The van der Waals surface area contributed by atoms with Crippen LogP contribution in [0.4, 0.5) is 41.1 Å². The zero-order valence-electron chi connectivity index (χ0n) is 72.3. The summed E-state index contributed by atoms with van der Waals surface area (Å²) in [6.45, 7) is 39.1. The number of nitrogens with zero attached hydrogens (tertiary/aromatic N) is 1. The Morgan fingerprint density at radius 3 is 1.21 bits per heavy atom. The summed E-state index contributed by atoms with van der Waals surface area (Å²) in [5.41, 5.74) is -4.81. The first-order valence-corrected chi connectivity index (χ1v) is 34.6. The molecule has 2 fully saturated rings. The molecule has 2 saturated heterocycles. The van der Waals surface area contributed by atoms with E-state index in [0.717, 1.165) is 44.6 Å². The molecule has 0 aliphatic carbocycles. The Labute approximate surface area is 696 Å². The van der Waals surface area contributed by atoms with E-state index in [-0.39, 0.29) is 142 Å². The third kappa shape index (κ3) is 50.5. The van der Waals surface area contributed by atoms with Crippen LogP contribution in [0.1, 0.15) is 210 Å². The molecule has 2 aliphatic rings. The van der Waals surface area contributed by atoms with Crippen LogP contribution in [0.25, 0.3) is 0 Å². The van der Waals surface area contributed by atoms with Gasteiger partial charge in [0.2, 0.25) is 0 Å². The number of benzene rings is 4. The summed E-state index contributed by atoms with van der Waals surface area (Å²) in [5.74, 6) is -2.54. The van der Waals surface area contributed by atoms with Gasteiger partial charge in [-0.05, 0) is 224 Å². The molecule has 4 amide bonds. The molecule has 25 nitrogen and oxygen atoms in total. The SMILES string of the molecule is C.C1CCOC1.CC(C)(C)OC(=O)N1C(C)(C)COS1(=O)=O.CC(C)(COc1ccc(F)cc1CCl)NC(=O)OC(C)(C)C.CC(C)(COc1ccc(F)cc1CO)NC(=O)OC(C)(C)C.COC(=O)c1cc(F)ccc1O.COC(=O)c1cc(F)ccc1OCC(C)(C)NC(=O)OC(C)(C)C.[2H]CC.[2H]CF.[B].[CH3-].[H-].[H-].[Li+].[Na+]. The number of carbonyl (C=O) groups is 6. The van der Waals surface area contributed by atoms with Crippen LogP contribution in [0.15, 0.2) is 72.8 Å². The third-order valence-corrected chi connectivity index (χ3v) is 13.9. The zero-order valence-corrected chi connectivity index (χ0v) is 71.8. The quantitative estimate of drug-likeness (QED) is 0.0174. The van der Waals surface area contributed by atoms with Crippen LogP contribution in [0.5, 0.6) is 23.0 Å². The van der Waals surface area contributed by atoms with E-state index in [1.165, 1.54) is 68.5 Å². The molecule has 0 saturated carbocycles. The van der Waals surface area contributed by atoms with Crippen molar-refractivity contribution in [2.75, 3.05) is 61.0 Å². The molecule has 621 valence electrons. The van der Waals surface area contributed by atoms with Crippen molar-refractivity contribution in [3.8, 4) is 23.0 Å². The third-order valence-electron chi connectivity index (χ3n) is 12.1. The van der Waals surface area contributed by atoms with Crippen LogP contribution in [0, 0.1) is 30.7 Å². The molecule has 0 bridgehead atoms. The fourth-order valence-electron chi connectivity index (χ4n) is 7.69. The van der Waals surface area contributed by atoms with Gasteiger partial charge in [-0.15, -0.1) is 11.6 Å². The Balaban J connectivity index is -0.000000166. The molecule has 2 heterocycles. The Hall–Kier alpha value is -6.47. The molecule has 3 radical (unpaired) electrons. The Morgan fingerprint density at radius 2 is 0.900 bits per heavy atom. The van der Waals surface area contributed by atoms with Crippen molar-refractivity contribution in [2.24, 2.45) is 0 Å². The number of alkyl halides is 2. The summed E-state index contributed by atoms with van der Waals surface area (Å²) >= 11 is 5.77. The van der Waals surface area contributed by atoms with Gasteiger partial charge in [-0.1, -0.05) is 21.3 Å². The van der Waals surface area contributed by atoms with Crippen molar-refractivity contribution in [3.63, 3.8) is 0 Å². The fourth-order valence-corrected chi connectivity index (χ4v) is 9.32. The number of hydrogen-bond acceptors (Lipinski definition) is 21. The Morgan fingerprint density at radius 1 is 0.591 bits per heavy atom. The number of phenolic OH excluding ortho intramolecular Hbond substituents is 1. The van der Waals surface area contributed by atoms with Crippen LogP contribution in [0.2, 0.25) is 0 Å². The van der Waals surface area contributed by atoms with Gasteiger partial charge in [0.25, 0.3) is 0 Å². The molecule has 35 heteroatoms. The average molecular weight is 1620 g/mol. The second-order valence-electron chi connectivity index (χ2n) is 29.1. The van der Waals surface area contributed by atoms with E-state index < -0.39 is 116 Å². The number of esters is 2. The number of halogens is 6. The van der Waals surface area contributed by atoms with E-state index in [2.05, 4.69) is 29.6 Å². The van der Waals surface area contributed by atoms with Crippen molar-refractivity contribution >= 4 is 66.6 Å². The molecular formula is C75H121BClF5LiN4NaO21S-. The summed E-state index contributed by atoms with van der Waals surface area (Å²) in [6, 6.07) is 14.7. The number of amides is 4. The number of alkyl carbamates (subject to hydrolysis) is 3. The van der Waals surface area contributed by atoms with Crippen molar-refractivity contribution < 1.29 is 175 Å². The number of methoxy groups -OCH3 is 2. The van der Waals surface area contributed by atoms with E-state index in [4.69, 9.17) is 57.3 Å². The minimum absolute atomic E-state index is 0. The molecule has 5 N–H and O–H groups in total. The molecular weight excluding hydrogens is 1500 g/mol. The summed E-state index contributed by atoms with van der Waals surface area (Å²) in [7, 11) is -2.65. The van der Waals surface area contributed by atoms with Gasteiger partial charge in [0.05, 0.1) is 64.0 Å². The zero-order chi connectivity index (χ0) is 83.3. The number of aromatic hydroxyl groups is 1. The minimum atomic E-state index is -4.01. The molecule has 0 atom stereocenters. The number of nitrogens with one attached hydrogen (secondary N) is 3. The van der Waals surface area contributed by atoms with Crippen molar-refractivity contribution in [3.05, 3.63) is 126 Å². The second-order valence-corrected chi connectivity index (χ2v) is 30.8. The van der Waals surface area contributed by atoms with Crippen LogP contribution >= 0.6 is 11.6 Å². The van der Waals surface area contributed by atoms with Gasteiger partial charge in [-0.25, -0.2) is 46.3 Å². The fraction of sp³-hybridized carbons (Fsp3) is 0.587. The first kappa shape index (κ1) is 112. The van der Waals surface area contributed by atoms with Gasteiger partial charge in [-0.3, -0.25) is 8.57 Å². The summed E-state index contributed by atoms with van der Waals surface area (Å²) in [6.07, 6.45) is 0.0127. The normalized spacial score (nSPS) is 13.2. The molecule has 2 aliphatic heterocycles. The maximum absolute atomic E-state index is 13.3. The second kappa shape index (κ2) is 53.5. The molecule has 0 spiro atoms. The smallest absolute Gasteiger partial charge is 1.00 e. The maximum Gasteiger partial charge on any atom is 1.00 e. The van der Waals surface area contributed by atoms with E-state index in [0.29, 0.717) is 33.8 Å². The number of rotatable bonds is 16. The standard InChI is InChI=1S/C17H24FNO5.C16H23ClFNO3.C16H24FNO4.C9H17NO5S.C8H7FO3.C4H8O.C2H6.CH3F.CH4.CH3.B.Li.Na.2H/c1-16(2,3)24-15(21)19-17(4,5)10-23-13-8-7-11(18)9-12(13)14(20)22-6;1-15(2,3)22-14(20)19-16(4,5)10-21-13-7-6-12(18)8-11(13)9-17;1-15(2,3)22-14(20)18-16(4,5)10-21-13-7-6-12(17)8-11(13)9-19;1-8(2,3)15-7(11)10-9(4,5)6-14-16(10,12)13;1-12-8(11)6-4-5(9)2-3-7(6)10;1-2-4-5-3-1;2*1-2;;;;;;;/h7-9H,10H2,1-6H3,(H,19,21);6-8H,9-10H2,1-5H3,(H,19,20);6-8,19H,9-10H2,1-5H3,(H,18,20);6H2,1-5H3;2-4,10H,1H3;1-4H2;1-2H3;1H3;1H4;1H3;;;;;/q;;;;;;;;;-1;;2*+1;2*-1/i;;;;;;2*1D;;;;;;;. The molecule has 4 aromatic rings. The molecule has 110 heavy (non-hydrogen) atoms. The largest absolute Gasteiger partial charge is 1.00 e. The molecule has 0 aromatic heterocycles. The van der Waals surface area contributed by atoms with Crippen LogP contribution < -0.4 is 78.6 Å². The molecule has 4 aromatic carbocycles. The number of phenols is 1. The molecule has 0 unspecified atom stereocenters. The number of ether oxygens (including phenoxy) is 10. The monoisotopic (exact) mass is 1620 g/mol. The van der Waals surface area contributed by atoms with E-state index in [1.807, 2.05) is 0 Å². The van der Waals surface area contributed by atoms with Gasteiger partial charge in [0.15, 0.2) is 0 Å². The first-order chi connectivity index (χ1) is 48.9. The van der Waals surface area contributed by atoms with Gasteiger partial charge in [-0.2, -0.15) is 12.7 Å². The van der Waals surface area contributed by atoms with Crippen molar-refractivity contribution in [1.82, 2.24) is 20.3 Å². The minimum Gasteiger partial charge on any atom is -1.00 e. The number of carbonyl (C=O) groups excluding carboxylic acids is 6. The Bertz CT molecular complexity index is 3460. The van der Waals surface area contributed by atoms with Crippen LogP contribution in [-0.4, -0.2) is 173 Å². The predicted octanol–water partition coefficient (Wildman–Crippen LogP) is 10.5. The first-order valence-electron chi connectivity index (χ1n) is 34.1. The predicted molar refractivity (Wildman–Crippen MR) is 409 cm³/mol. The van der Waals surface area contributed by atoms with Crippen LogP contribution in [-0.2, 0) is 60.1 Å². The van der Waals surface area contributed by atoms with Crippen LogP contribution in [0.3, 0.4) is 0 Å². The number of aliphatic hydroxyl groups is 1. The van der Waals surface area contributed by atoms with E-state index in [9.17, 15) is 64.2 Å². The van der Waals surface area contributed by atoms with Gasteiger partial charge in [0, 0.05) is 34.1 Å². The number of aliphatic hydroxyl groups excluding tert-OH is 1. The van der Waals surface area contributed by atoms with Gasteiger partial charge >= 0.3 is 95.0 Å². The van der Waals surface area contributed by atoms with Gasteiger partial charge < -0.3 is 83.8 Å². The van der Waals surface area contributed by atoms with Crippen molar-refractivity contribution in [2.45, 2.75) is 230 Å². The summed E-state index contributed by atoms with van der Waals surface area (Å²) in [5, 5.41) is 26.4. The van der Waals surface area contributed by atoms with E-state index >= 15 is 0 Å². The average Bonchev–Trinajstić information content (AvgIpc) is 1.62. The number of hydrogen-bond donors (Lipinski definition) is 5. The van der Waals surface area contributed by atoms with Crippen molar-refractivity contribution in [1.29, 1.82) is 0 Å². The maximum atomic E-state index is 13.3.